The van der Waals surface area contributed by atoms with Gasteiger partial charge in [0.25, 0.3) is 0 Å². The highest BCUT2D eigenvalue weighted by molar-refractivity contribution is 6.18. The molecule has 1 heterocycles. The van der Waals surface area contributed by atoms with Gasteiger partial charge in [-0.2, -0.15) is 0 Å². The fraction of sp³-hybridized carbons (Fsp3) is 0.500. The lowest BCUT2D eigenvalue weighted by Crippen LogP contribution is -2.39. The number of carbonyl (C=O) groups is 1. The minimum absolute atomic E-state index is 0.0117. The Kier molecular flexibility index (Phi) is 4.40. The summed E-state index contributed by atoms with van der Waals surface area (Å²) >= 11 is 5.88. The minimum atomic E-state index is -0.678. The van der Waals surface area contributed by atoms with Crippen LogP contribution >= 0.6 is 11.6 Å². The summed E-state index contributed by atoms with van der Waals surface area (Å²) in [5, 5.41) is 0. The summed E-state index contributed by atoms with van der Waals surface area (Å²) in [6.45, 7) is 2.71. The monoisotopic (exact) mass is 287 g/mol. The molecule has 0 aromatic heterocycles. The zero-order valence-corrected chi connectivity index (χ0v) is 11.5. The molecule has 19 heavy (non-hydrogen) atoms. The van der Waals surface area contributed by atoms with Gasteiger partial charge in [-0.15, -0.1) is 11.6 Å². The molecule has 5 heteroatoms. The predicted octanol–water partition coefficient (Wildman–Crippen LogP) is 2.98. The number of amides is 1. The molecular formula is C14H16ClF2NO. The quantitative estimate of drug-likeness (QED) is 0.783. The topological polar surface area (TPSA) is 20.3 Å². The van der Waals surface area contributed by atoms with Crippen LogP contribution in [-0.4, -0.2) is 29.3 Å². The van der Waals surface area contributed by atoms with Gasteiger partial charge in [-0.25, -0.2) is 8.78 Å². The number of halogens is 3. The molecule has 2 unspecified atom stereocenters. The number of alkyl halides is 1. The van der Waals surface area contributed by atoms with Gasteiger partial charge in [-0.1, -0.05) is 13.0 Å². The van der Waals surface area contributed by atoms with E-state index < -0.39 is 11.6 Å². The second-order valence-electron chi connectivity index (χ2n) is 4.99. The highest BCUT2D eigenvalue weighted by Gasteiger charge is 2.33. The number of hydrogen-bond acceptors (Lipinski definition) is 1. The van der Waals surface area contributed by atoms with E-state index >= 15 is 0 Å². The molecule has 2 rings (SSSR count). The standard InChI is InChI=1S/C14H16ClF2NO/c1-9-4-5-18(13(9)8-15)14(19)6-10-2-3-11(16)7-12(10)17/h2-3,7,9,13H,4-6,8H2,1H3. The molecule has 1 aliphatic heterocycles. The largest absolute Gasteiger partial charge is 0.338 e. The molecule has 0 radical (unpaired) electrons. The van der Waals surface area contributed by atoms with Gasteiger partial charge in [0, 0.05) is 24.5 Å². The van der Waals surface area contributed by atoms with Crippen molar-refractivity contribution in [1.29, 1.82) is 0 Å². The Hall–Kier alpha value is -1.16. The van der Waals surface area contributed by atoms with Crippen molar-refractivity contribution in [3.8, 4) is 0 Å². The number of likely N-dealkylation sites (tertiary alicyclic amines) is 1. The fourth-order valence-corrected chi connectivity index (χ4v) is 2.95. The molecule has 1 saturated heterocycles. The van der Waals surface area contributed by atoms with Gasteiger partial charge in [0.05, 0.1) is 6.42 Å². The van der Waals surface area contributed by atoms with Crippen LogP contribution in [0.3, 0.4) is 0 Å². The van der Waals surface area contributed by atoms with E-state index in [0.29, 0.717) is 18.3 Å². The molecule has 0 N–H and O–H groups in total. The van der Waals surface area contributed by atoms with E-state index in [2.05, 4.69) is 6.92 Å². The van der Waals surface area contributed by atoms with Crippen molar-refractivity contribution in [1.82, 2.24) is 4.90 Å². The molecular weight excluding hydrogens is 272 g/mol. The molecule has 0 spiro atoms. The van der Waals surface area contributed by atoms with Crippen molar-refractivity contribution in [2.24, 2.45) is 5.92 Å². The summed E-state index contributed by atoms with van der Waals surface area (Å²) in [5.41, 5.74) is 0.222. The average Bonchev–Trinajstić information content (AvgIpc) is 2.74. The number of nitrogens with zero attached hydrogens (tertiary/aromatic N) is 1. The molecule has 2 atom stereocenters. The smallest absolute Gasteiger partial charge is 0.227 e. The van der Waals surface area contributed by atoms with Crippen molar-refractivity contribution in [2.45, 2.75) is 25.8 Å². The molecule has 104 valence electrons. The van der Waals surface area contributed by atoms with E-state index in [-0.39, 0.29) is 23.9 Å². The second kappa shape index (κ2) is 5.87. The van der Waals surface area contributed by atoms with Crippen LogP contribution in [0.25, 0.3) is 0 Å². The van der Waals surface area contributed by atoms with Crippen LogP contribution < -0.4 is 0 Å². The third-order valence-corrected chi connectivity index (χ3v) is 4.03. The average molecular weight is 288 g/mol. The highest BCUT2D eigenvalue weighted by Crippen LogP contribution is 2.25. The number of carbonyl (C=O) groups excluding carboxylic acids is 1. The van der Waals surface area contributed by atoms with E-state index in [1.165, 1.54) is 6.07 Å². The van der Waals surface area contributed by atoms with Crippen molar-refractivity contribution < 1.29 is 13.6 Å². The SMILES string of the molecule is CC1CCN(C(=O)Cc2ccc(F)cc2F)C1CCl. The highest BCUT2D eigenvalue weighted by atomic mass is 35.5. The third-order valence-electron chi connectivity index (χ3n) is 3.72. The Bertz CT molecular complexity index is 481. The van der Waals surface area contributed by atoms with Gasteiger partial charge in [0.2, 0.25) is 5.91 Å². The number of hydrogen-bond donors (Lipinski definition) is 0. The molecule has 2 nitrogen and oxygen atoms in total. The van der Waals surface area contributed by atoms with Crippen LogP contribution in [0.4, 0.5) is 8.78 Å². The predicted molar refractivity (Wildman–Crippen MR) is 70.1 cm³/mol. The summed E-state index contributed by atoms with van der Waals surface area (Å²) in [7, 11) is 0. The first-order chi connectivity index (χ1) is 9.02. The van der Waals surface area contributed by atoms with E-state index in [4.69, 9.17) is 11.6 Å². The van der Waals surface area contributed by atoms with Crippen LogP contribution in [-0.2, 0) is 11.2 Å². The summed E-state index contributed by atoms with van der Waals surface area (Å²) in [6, 6.07) is 3.29. The normalized spacial score (nSPS) is 22.8. The van der Waals surface area contributed by atoms with Gasteiger partial charge in [0.1, 0.15) is 11.6 Å². The van der Waals surface area contributed by atoms with Gasteiger partial charge in [0.15, 0.2) is 0 Å². The Morgan fingerprint density at radius 3 is 2.84 bits per heavy atom. The van der Waals surface area contributed by atoms with Crippen LogP contribution in [0.2, 0.25) is 0 Å². The van der Waals surface area contributed by atoms with E-state index in [0.717, 1.165) is 18.6 Å². The third kappa shape index (κ3) is 3.06. The lowest BCUT2D eigenvalue weighted by molar-refractivity contribution is -0.131. The van der Waals surface area contributed by atoms with Crippen molar-refractivity contribution >= 4 is 17.5 Å². The maximum absolute atomic E-state index is 13.5. The molecule has 1 aliphatic rings. The zero-order valence-electron chi connectivity index (χ0n) is 10.7. The Labute approximate surface area is 116 Å². The maximum Gasteiger partial charge on any atom is 0.227 e. The van der Waals surface area contributed by atoms with Crippen LogP contribution in [0.5, 0.6) is 0 Å². The van der Waals surface area contributed by atoms with Crippen LogP contribution in [0, 0.1) is 17.6 Å². The molecule has 1 amide bonds. The van der Waals surface area contributed by atoms with Crippen molar-refractivity contribution in [2.75, 3.05) is 12.4 Å². The zero-order chi connectivity index (χ0) is 14.0. The van der Waals surface area contributed by atoms with E-state index in [1.54, 1.807) is 4.90 Å². The second-order valence-corrected chi connectivity index (χ2v) is 5.30. The molecule has 0 bridgehead atoms. The minimum Gasteiger partial charge on any atom is -0.338 e. The van der Waals surface area contributed by atoms with Gasteiger partial charge in [-0.3, -0.25) is 4.79 Å². The Balaban J connectivity index is 2.09. The summed E-state index contributed by atoms with van der Waals surface area (Å²) in [5.74, 6) is -0.719. The van der Waals surface area contributed by atoms with Gasteiger partial charge < -0.3 is 4.90 Å². The number of benzene rings is 1. The molecule has 1 aromatic carbocycles. The first-order valence-corrected chi connectivity index (χ1v) is 6.85. The van der Waals surface area contributed by atoms with Crippen LogP contribution in [0.1, 0.15) is 18.9 Å². The summed E-state index contributed by atoms with van der Waals surface area (Å²) in [6.07, 6.45) is 0.862. The maximum atomic E-state index is 13.5. The Morgan fingerprint density at radius 1 is 1.47 bits per heavy atom. The molecule has 0 aliphatic carbocycles. The first-order valence-electron chi connectivity index (χ1n) is 6.32. The lowest BCUT2D eigenvalue weighted by Gasteiger charge is -2.25. The van der Waals surface area contributed by atoms with E-state index in [1.807, 2.05) is 0 Å². The molecule has 0 saturated carbocycles. The summed E-state index contributed by atoms with van der Waals surface area (Å²) < 4.78 is 26.3. The van der Waals surface area contributed by atoms with Gasteiger partial charge >= 0.3 is 0 Å². The van der Waals surface area contributed by atoms with Crippen molar-refractivity contribution in [3.63, 3.8) is 0 Å². The Morgan fingerprint density at radius 2 is 2.21 bits per heavy atom. The van der Waals surface area contributed by atoms with E-state index in [9.17, 15) is 13.6 Å². The lowest BCUT2D eigenvalue weighted by atomic mass is 10.0. The van der Waals surface area contributed by atoms with Gasteiger partial charge in [-0.05, 0) is 24.0 Å². The fourth-order valence-electron chi connectivity index (χ4n) is 2.48. The first kappa shape index (κ1) is 14.3. The molecule has 1 aromatic rings. The molecule has 1 fully saturated rings. The van der Waals surface area contributed by atoms with Crippen molar-refractivity contribution in [3.05, 3.63) is 35.4 Å². The van der Waals surface area contributed by atoms with Crippen LogP contribution in [0.15, 0.2) is 18.2 Å². The number of rotatable bonds is 3. The summed E-state index contributed by atoms with van der Waals surface area (Å²) in [4.78, 5) is 13.9.